The van der Waals surface area contributed by atoms with Gasteiger partial charge in [-0.2, -0.15) is 13.2 Å². The Morgan fingerprint density at radius 2 is 1.50 bits per heavy atom. The summed E-state index contributed by atoms with van der Waals surface area (Å²) in [6.07, 6.45) is -4.85. The van der Waals surface area contributed by atoms with E-state index in [1.54, 1.807) is 0 Å². The lowest BCUT2D eigenvalue weighted by atomic mass is 10.5. The Labute approximate surface area is 70.7 Å². The van der Waals surface area contributed by atoms with E-state index in [0.717, 1.165) is 6.26 Å². The number of alkyl halides is 3. The van der Waals surface area contributed by atoms with Crippen LogP contribution in [0.2, 0.25) is 0 Å². The molecule has 0 rings (SSSR count). The summed E-state index contributed by atoms with van der Waals surface area (Å²) in [5.74, 6) is -0.823. The highest BCUT2D eigenvalue weighted by Crippen LogP contribution is 2.19. The molecule has 76 valence electrons. The van der Waals surface area contributed by atoms with Crippen molar-refractivity contribution in [1.82, 2.24) is 0 Å². The van der Waals surface area contributed by atoms with Crippen LogP contribution in [0, 0.1) is 0 Å². The lowest BCUT2D eigenvalue weighted by molar-refractivity contribution is -0.129. The van der Waals surface area contributed by atoms with Gasteiger partial charge in [-0.15, -0.1) is 0 Å². The minimum atomic E-state index is -4.37. The molecular formula is C6H13F3O2S. The molecule has 0 unspecified atom stereocenters. The summed E-state index contributed by atoms with van der Waals surface area (Å²) in [6.45, 7) is 4.00. The molecule has 0 atom stereocenters. The third-order valence-electron chi connectivity index (χ3n) is 0.756. The monoisotopic (exact) mass is 206 g/mol. The van der Waals surface area contributed by atoms with Gasteiger partial charge in [0.15, 0.2) is 0 Å². The Balaban J connectivity index is 0. The van der Waals surface area contributed by atoms with Crippen molar-refractivity contribution in [3.8, 4) is 0 Å². The molecule has 0 aromatic rings. The summed E-state index contributed by atoms with van der Waals surface area (Å²) in [5.41, 5.74) is 0. The van der Waals surface area contributed by atoms with E-state index in [2.05, 4.69) is 0 Å². The van der Waals surface area contributed by atoms with Gasteiger partial charge in [0, 0.05) is 6.26 Å². The maximum Gasteiger partial charge on any atom is 0.390 e. The highest BCUT2D eigenvalue weighted by atomic mass is 32.2. The Bertz CT molecular complexity index is 193. The van der Waals surface area contributed by atoms with Crippen LogP contribution < -0.4 is 0 Å². The molecule has 0 aliphatic rings. The zero-order chi connectivity index (χ0) is 10.4. The predicted octanol–water partition coefficient (Wildman–Crippen LogP) is 2.01. The SMILES string of the molecule is CC.CS(=O)(=O)CCC(F)(F)F. The first kappa shape index (κ1) is 14.3. The molecule has 0 fully saturated rings. The first-order valence-corrected chi connectivity index (χ1v) is 5.51. The highest BCUT2D eigenvalue weighted by Gasteiger charge is 2.28. The van der Waals surface area contributed by atoms with Crippen LogP contribution in [0.4, 0.5) is 13.2 Å². The second kappa shape index (κ2) is 5.40. The number of sulfone groups is 1. The fourth-order valence-corrected chi connectivity index (χ4v) is 0.903. The van der Waals surface area contributed by atoms with Gasteiger partial charge in [0.25, 0.3) is 0 Å². The predicted molar refractivity (Wildman–Crippen MR) is 41.7 cm³/mol. The van der Waals surface area contributed by atoms with Crippen LogP contribution >= 0.6 is 0 Å². The Hall–Kier alpha value is -0.260. The van der Waals surface area contributed by atoms with E-state index in [1.807, 2.05) is 13.8 Å². The summed E-state index contributed by atoms with van der Waals surface area (Å²) < 4.78 is 54.3. The lowest BCUT2D eigenvalue weighted by Gasteiger charge is -2.03. The first-order valence-electron chi connectivity index (χ1n) is 3.45. The average molecular weight is 206 g/mol. The van der Waals surface area contributed by atoms with Crippen LogP contribution in [0.3, 0.4) is 0 Å². The van der Waals surface area contributed by atoms with Crippen LogP contribution in [-0.2, 0) is 9.84 Å². The summed E-state index contributed by atoms with van der Waals surface area (Å²) >= 11 is 0. The van der Waals surface area contributed by atoms with Crippen molar-refractivity contribution in [2.45, 2.75) is 26.4 Å². The van der Waals surface area contributed by atoms with Crippen LogP contribution in [-0.4, -0.2) is 26.6 Å². The fraction of sp³-hybridized carbons (Fsp3) is 1.00. The van der Waals surface area contributed by atoms with Gasteiger partial charge in [-0.05, 0) is 0 Å². The van der Waals surface area contributed by atoms with Gasteiger partial charge < -0.3 is 0 Å². The summed E-state index contributed by atoms with van der Waals surface area (Å²) in [7, 11) is -3.48. The molecule has 0 aliphatic heterocycles. The molecule has 0 spiro atoms. The number of hydrogen-bond acceptors (Lipinski definition) is 2. The molecule has 6 heteroatoms. The largest absolute Gasteiger partial charge is 0.390 e. The molecule has 0 aromatic heterocycles. The molecule has 0 amide bonds. The Morgan fingerprint density at radius 3 is 1.58 bits per heavy atom. The van der Waals surface area contributed by atoms with E-state index in [0.29, 0.717) is 0 Å². The van der Waals surface area contributed by atoms with Gasteiger partial charge in [0.2, 0.25) is 0 Å². The van der Waals surface area contributed by atoms with E-state index in [9.17, 15) is 21.6 Å². The van der Waals surface area contributed by atoms with Crippen molar-refractivity contribution in [2.75, 3.05) is 12.0 Å². The zero-order valence-corrected chi connectivity index (χ0v) is 8.09. The van der Waals surface area contributed by atoms with Crippen molar-refractivity contribution in [2.24, 2.45) is 0 Å². The number of rotatable bonds is 2. The van der Waals surface area contributed by atoms with E-state index >= 15 is 0 Å². The minimum Gasteiger partial charge on any atom is -0.229 e. The number of hydrogen-bond donors (Lipinski definition) is 0. The van der Waals surface area contributed by atoms with Gasteiger partial charge in [-0.3, -0.25) is 0 Å². The minimum absolute atomic E-state index is 0.777. The Kier molecular flexibility index (Phi) is 6.42. The molecule has 12 heavy (non-hydrogen) atoms. The third-order valence-corrected chi connectivity index (χ3v) is 1.70. The first-order chi connectivity index (χ1) is 5.21. The molecule has 0 heterocycles. The molecule has 0 radical (unpaired) electrons. The zero-order valence-electron chi connectivity index (χ0n) is 7.27. The van der Waals surface area contributed by atoms with Crippen LogP contribution in [0.25, 0.3) is 0 Å². The van der Waals surface area contributed by atoms with Crippen molar-refractivity contribution >= 4 is 9.84 Å². The van der Waals surface area contributed by atoms with Crippen LogP contribution in [0.1, 0.15) is 20.3 Å². The second-order valence-corrected chi connectivity index (χ2v) is 4.25. The quantitative estimate of drug-likeness (QED) is 0.692. The average Bonchev–Trinajstić information content (AvgIpc) is 1.86. The van der Waals surface area contributed by atoms with Crippen molar-refractivity contribution < 1.29 is 21.6 Å². The van der Waals surface area contributed by atoms with Gasteiger partial charge in [-0.25, -0.2) is 8.42 Å². The lowest BCUT2D eigenvalue weighted by Crippen LogP contribution is -2.14. The van der Waals surface area contributed by atoms with Crippen LogP contribution in [0.5, 0.6) is 0 Å². The third kappa shape index (κ3) is 16.4. The summed E-state index contributed by atoms with van der Waals surface area (Å²) in [4.78, 5) is 0. The van der Waals surface area contributed by atoms with Gasteiger partial charge in [0.05, 0.1) is 12.2 Å². The van der Waals surface area contributed by atoms with Crippen molar-refractivity contribution in [3.63, 3.8) is 0 Å². The molecular weight excluding hydrogens is 193 g/mol. The smallest absolute Gasteiger partial charge is 0.229 e. The molecule has 0 saturated carbocycles. The normalized spacial score (nSPS) is 11.8. The molecule has 0 aliphatic carbocycles. The van der Waals surface area contributed by atoms with Crippen molar-refractivity contribution in [1.29, 1.82) is 0 Å². The van der Waals surface area contributed by atoms with Gasteiger partial charge in [-0.1, -0.05) is 13.8 Å². The molecule has 0 saturated heterocycles. The van der Waals surface area contributed by atoms with Gasteiger partial charge >= 0.3 is 6.18 Å². The molecule has 0 N–H and O–H groups in total. The maximum atomic E-state index is 11.3. The maximum absolute atomic E-state index is 11.3. The highest BCUT2D eigenvalue weighted by molar-refractivity contribution is 7.90. The second-order valence-electron chi connectivity index (χ2n) is 2.00. The molecule has 0 bridgehead atoms. The van der Waals surface area contributed by atoms with Crippen LogP contribution in [0.15, 0.2) is 0 Å². The van der Waals surface area contributed by atoms with E-state index in [4.69, 9.17) is 0 Å². The summed E-state index contributed by atoms with van der Waals surface area (Å²) in [5, 5.41) is 0. The van der Waals surface area contributed by atoms with Gasteiger partial charge in [0.1, 0.15) is 9.84 Å². The molecule has 0 aromatic carbocycles. The standard InChI is InChI=1S/C4H7F3O2S.C2H6/c1-10(8,9)3-2-4(5,6)7;1-2/h2-3H2,1H3;1-2H3. The number of halogens is 3. The summed E-state index contributed by atoms with van der Waals surface area (Å²) in [6, 6.07) is 0. The topological polar surface area (TPSA) is 34.1 Å². The van der Waals surface area contributed by atoms with E-state index < -0.39 is 28.2 Å². The Morgan fingerprint density at radius 1 is 1.17 bits per heavy atom. The molecule has 2 nitrogen and oxygen atoms in total. The fourth-order valence-electron chi connectivity index (χ4n) is 0.301. The van der Waals surface area contributed by atoms with Crippen molar-refractivity contribution in [3.05, 3.63) is 0 Å². The van der Waals surface area contributed by atoms with E-state index in [-0.39, 0.29) is 0 Å². The van der Waals surface area contributed by atoms with E-state index in [1.165, 1.54) is 0 Å².